The average molecular weight is 282 g/mol. The molecule has 0 atom stereocenters. The molecule has 0 aliphatic heterocycles. The molecule has 0 fully saturated rings. The van der Waals surface area contributed by atoms with E-state index < -0.39 is 11.9 Å². The van der Waals surface area contributed by atoms with E-state index in [1.54, 1.807) is 6.07 Å². The van der Waals surface area contributed by atoms with E-state index in [4.69, 9.17) is 19.9 Å². The van der Waals surface area contributed by atoms with E-state index in [2.05, 4.69) is 5.32 Å². The highest BCUT2D eigenvalue weighted by molar-refractivity contribution is 5.94. The lowest BCUT2D eigenvalue weighted by atomic mass is 10.2. The molecule has 3 N–H and O–H groups in total. The molecule has 0 bridgehead atoms. The molecule has 0 unspecified atom stereocenters. The summed E-state index contributed by atoms with van der Waals surface area (Å²) in [5.74, 6) is -0.747. The average Bonchev–Trinajstić information content (AvgIpc) is 2.44. The Hall–Kier alpha value is -2.28. The number of amides is 1. The Morgan fingerprint density at radius 2 is 2.05 bits per heavy atom. The zero-order valence-corrected chi connectivity index (χ0v) is 11.5. The Balaban J connectivity index is 2.52. The van der Waals surface area contributed by atoms with Crippen LogP contribution in [0.2, 0.25) is 0 Å². The summed E-state index contributed by atoms with van der Waals surface area (Å²) in [5, 5.41) is 2.54. The van der Waals surface area contributed by atoms with Crippen LogP contribution in [-0.2, 0) is 14.3 Å². The van der Waals surface area contributed by atoms with Gasteiger partial charge in [0.25, 0.3) is 5.91 Å². The molecule has 20 heavy (non-hydrogen) atoms. The fourth-order valence-electron chi connectivity index (χ4n) is 1.43. The molecule has 1 aromatic rings. The highest BCUT2D eigenvalue weighted by Crippen LogP contribution is 2.22. The Kier molecular flexibility index (Phi) is 6.31. The molecular weight excluding hydrogens is 264 g/mol. The number of anilines is 1. The number of ether oxygens (including phenoxy) is 3. The van der Waals surface area contributed by atoms with Gasteiger partial charge in [-0.15, -0.1) is 0 Å². The van der Waals surface area contributed by atoms with Crippen molar-refractivity contribution in [2.45, 2.75) is 0 Å². The maximum absolute atomic E-state index is 11.8. The fraction of sp³-hybridized carbons (Fsp3) is 0.385. The van der Waals surface area contributed by atoms with E-state index >= 15 is 0 Å². The van der Waals surface area contributed by atoms with E-state index in [1.807, 2.05) is 0 Å². The molecule has 110 valence electrons. The minimum Gasteiger partial charge on any atom is -0.496 e. The minimum absolute atomic E-state index is 0.214. The van der Waals surface area contributed by atoms with Crippen LogP contribution in [0.25, 0.3) is 0 Å². The molecule has 1 amide bonds. The first-order chi connectivity index (χ1) is 9.58. The zero-order chi connectivity index (χ0) is 15.0. The van der Waals surface area contributed by atoms with Crippen molar-refractivity contribution >= 4 is 17.6 Å². The van der Waals surface area contributed by atoms with Crippen LogP contribution in [0, 0.1) is 0 Å². The summed E-state index contributed by atoms with van der Waals surface area (Å²) < 4.78 is 14.7. The van der Waals surface area contributed by atoms with Crippen LogP contribution in [0.5, 0.6) is 5.75 Å². The van der Waals surface area contributed by atoms with Gasteiger partial charge < -0.3 is 25.3 Å². The molecule has 0 aliphatic carbocycles. The predicted molar refractivity (Wildman–Crippen MR) is 72.6 cm³/mol. The molecule has 1 aromatic carbocycles. The van der Waals surface area contributed by atoms with Crippen molar-refractivity contribution < 1.29 is 23.8 Å². The van der Waals surface area contributed by atoms with Crippen molar-refractivity contribution in [1.29, 1.82) is 0 Å². The molecule has 0 heterocycles. The van der Waals surface area contributed by atoms with Crippen LogP contribution >= 0.6 is 0 Å². The Bertz CT molecular complexity index is 476. The third-order valence-electron chi connectivity index (χ3n) is 2.41. The second-order valence-corrected chi connectivity index (χ2v) is 3.88. The van der Waals surface area contributed by atoms with Gasteiger partial charge in [-0.3, -0.25) is 4.79 Å². The van der Waals surface area contributed by atoms with Crippen molar-refractivity contribution in [3.05, 3.63) is 23.8 Å². The lowest BCUT2D eigenvalue weighted by molar-refractivity contribution is -0.124. The van der Waals surface area contributed by atoms with Gasteiger partial charge in [-0.1, -0.05) is 0 Å². The van der Waals surface area contributed by atoms with E-state index in [-0.39, 0.29) is 12.2 Å². The van der Waals surface area contributed by atoms with E-state index in [0.717, 1.165) is 0 Å². The van der Waals surface area contributed by atoms with Crippen molar-refractivity contribution in [2.24, 2.45) is 0 Å². The molecule has 0 spiro atoms. The largest absolute Gasteiger partial charge is 0.496 e. The lowest BCUT2D eigenvalue weighted by Crippen LogP contribution is -2.31. The molecule has 7 nitrogen and oxygen atoms in total. The number of nitrogen functional groups attached to an aromatic ring is 1. The summed E-state index contributed by atoms with van der Waals surface area (Å²) in [7, 11) is 2.95. The number of methoxy groups -OCH3 is 2. The van der Waals surface area contributed by atoms with Crippen LogP contribution in [0.1, 0.15) is 10.4 Å². The fourth-order valence-corrected chi connectivity index (χ4v) is 1.43. The highest BCUT2D eigenvalue weighted by Gasteiger charge is 2.15. The molecule has 0 saturated carbocycles. The van der Waals surface area contributed by atoms with Gasteiger partial charge in [0.2, 0.25) is 0 Å². The Labute approximate surface area is 117 Å². The number of nitrogens with two attached hydrogens (primary N) is 1. The molecular formula is C13H18N2O5. The van der Waals surface area contributed by atoms with Crippen molar-refractivity contribution in [3.8, 4) is 5.75 Å². The summed E-state index contributed by atoms with van der Waals surface area (Å²) >= 11 is 0. The van der Waals surface area contributed by atoms with E-state index in [9.17, 15) is 9.59 Å². The first-order valence-corrected chi connectivity index (χ1v) is 5.94. The highest BCUT2D eigenvalue weighted by atomic mass is 16.5. The summed E-state index contributed by atoms with van der Waals surface area (Å²) in [6.07, 6.45) is 0. The van der Waals surface area contributed by atoms with Crippen LogP contribution < -0.4 is 15.8 Å². The number of nitrogens with one attached hydrogen (secondary N) is 1. The number of carbonyl (C=O) groups is 2. The van der Waals surface area contributed by atoms with Gasteiger partial charge in [-0.2, -0.15) is 0 Å². The lowest BCUT2D eigenvalue weighted by Gasteiger charge is -2.09. The predicted octanol–water partition coefficient (Wildman–Crippen LogP) is 0.197. The third-order valence-corrected chi connectivity index (χ3v) is 2.41. The van der Waals surface area contributed by atoms with Gasteiger partial charge in [0.1, 0.15) is 11.3 Å². The van der Waals surface area contributed by atoms with Gasteiger partial charge in [0.15, 0.2) is 6.61 Å². The summed E-state index contributed by atoms with van der Waals surface area (Å²) in [5.41, 5.74) is 6.27. The SMILES string of the molecule is COCCNC(=O)COC(=O)c1ccc(N)cc1OC. The number of carbonyl (C=O) groups excluding carboxylic acids is 2. The smallest absolute Gasteiger partial charge is 0.342 e. The molecule has 0 aromatic heterocycles. The molecule has 1 rings (SSSR count). The Morgan fingerprint density at radius 1 is 1.30 bits per heavy atom. The Morgan fingerprint density at radius 3 is 2.70 bits per heavy atom. The van der Waals surface area contributed by atoms with Crippen LogP contribution in [-0.4, -0.2) is 45.9 Å². The number of esters is 1. The summed E-state index contributed by atoms with van der Waals surface area (Å²) in [6.45, 7) is 0.389. The quantitative estimate of drug-likeness (QED) is 0.421. The standard InChI is InChI=1S/C13H18N2O5/c1-18-6-5-15-12(16)8-20-13(17)10-4-3-9(14)7-11(10)19-2/h3-4,7H,5-6,8,14H2,1-2H3,(H,15,16). The minimum atomic E-state index is -0.649. The van der Waals surface area contributed by atoms with Gasteiger partial charge in [0, 0.05) is 25.4 Å². The molecule has 0 radical (unpaired) electrons. The van der Waals surface area contributed by atoms with Gasteiger partial charge in [0.05, 0.1) is 13.7 Å². The van der Waals surface area contributed by atoms with Crippen molar-refractivity contribution in [1.82, 2.24) is 5.32 Å². The number of rotatable bonds is 7. The van der Waals surface area contributed by atoms with E-state index in [0.29, 0.717) is 24.6 Å². The number of hydrogen-bond donors (Lipinski definition) is 2. The van der Waals surface area contributed by atoms with Gasteiger partial charge in [-0.05, 0) is 12.1 Å². The number of benzene rings is 1. The maximum atomic E-state index is 11.8. The second-order valence-electron chi connectivity index (χ2n) is 3.88. The maximum Gasteiger partial charge on any atom is 0.342 e. The summed E-state index contributed by atoms with van der Waals surface area (Å²) in [4.78, 5) is 23.2. The normalized spacial score (nSPS) is 9.90. The van der Waals surface area contributed by atoms with Crippen molar-refractivity contribution in [2.75, 3.05) is 39.7 Å². The second kappa shape index (κ2) is 8.00. The van der Waals surface area contributed by atoms with Crippen molar-refractivity contribution in [3.63, 3.8) is 0 Å². The monoisotopic (exact) mass is 282 g/mol. The van der Waals surface area contributed by atoms with Gasteiger partial charge in [-0.25, -0.2) is 4.79 Å². The van der Waals surface area contributed by atoms with Gasteiger partial charge >= 0.3 is 5.97 Å². The van der Waals surface area contributed by atoms with E-state index in [1.165, 1.54) is 26.4 Å². The summed E-state index contributed by atoms with van der Waals surface area (Å²) in [6, 6.07) is 4.55. The topological polar surface area (TPSA) is 99.9 Å². The van der Waals surface area contributed by atoms with Crippen LogP contribution in [0.3, 0.4) is 0 Å². The first-order valence-electron chi connectivity index (χ1n) is 5.94. The number of hydrogen-bond acceptors (Lipinski definition) is 6. The molecule has 0 saturated heterocycles. The van der Waals surface area contributed by atoms with Crippen LogP contribution in [0.4, 0.5) is 5.69 Å². The molecule has 0 aliphatic rings. The third kappa shape index (κ3) is 4.77. The molecule has 7 heteroatoms. The van der Waals surface area contributed by atoms with Crippen LogP contribution in [0.15, 0.2) is 18.2 Å². The first kappa shape index (κ1) is 15.8. The zero-order valence-electron chi connectivity index (χ0n) is 11.5.